The lowest BCUT2D eigenvalue weighted by Gasteiger charge is -2.32. The molecule has 1 aromatic heterocycles. The van der Waals surface area contributed by atoms with Crippen LogP contribution in [-0.2, 0) is 6.54 Å². The summed E-state index contributed by atoms with van der Waals surface area (Å²) in [4.78, 5) is 17.0. The summed E-state index contributed by atoms with van der Waals surface area (Å²) in [5.74, 6) is -0.105. The molecule has 2 aromatic carbocycles. The molecule has 7 heteroatoms. The molecule has 1 unspecified atom stereocenters. The average molecular weight is 440 g/mol. The summed E-state index contributed by atoms with van der Waals surface area (Å²) in [6, 6.07) is 11.1. The number of fused-ring (bicyclic) bond motifs is 1. The van der Waals surface area contributed by atoms with Gasteiger partial charge >= 0.3 is 5.97 Å². The number of rotatable bonds is 5. The number of ether oxygens (including phenoxy) is 1. The van der Waals surface area contributed by atoms with Crippen molar-refractivity contribution in [1.82, 2.24) is 15.2 Å². The third-order valence-electron chi connectivity index (χ3n) is 6.34. The second kappa shape index (κ2) is 9.71. The Morgan fingerprint density at radius 1 is 1.25 bits per heavy atom. The molecule has 2 atom stereocenters. The van der Waals surface area contributed by atoms with Gasteiger partial charge in [0.1, 0.15) is 11.9 Å². The molecule has 32 heavy (non-hydrogen) atoms. The molecule has 4 rings (SSSR count). The molecule has 1 aliphatic rings. The second-order valence-corrected chi connectivity index (χ2v) is 8.45. The van der Waals surface area contributed by atoms with E-state index in [2.05, 4.69) is 34.3 Å². The molecule has 2 heterocycles. The van der Waals surface area contributed by atoms with E-state index in [9.17, 15) is 14.3 Å². The SMILES string of the molecule is COc1cc(C)c2[nH]ccc2c1CN1CCC[C@H](F)CNCC1c1ccc(C(=O)O)cc1. The minimum atomic E-state index is -0.944. The van der Waals surface area contributed by atoms with Crippen molar-refractivity contribution in [2.24, 2.45) is 0 Å². The predicted molar refractivity (Wildman–Crippen MR) is 123 cm³/mol. The highest BCUT2D eigenvalue weighted by Crippen LogP contribution is 2.34. The molecule has 1 aliphatic heterocycles. The zero-order valence-electron chi connectivity index (χ0n) is 18.5. The highest BCUT2D eigenvalue weighted by atomic mass is 19.1. The first kappa shape index (κ1) is 22.3. The number of nitrogens with one attached hydrogen (secondary N) is 2. The summed E-state index contributed by atoms with van der Waals surface area (Å²) in [6.45, 7) is 4.34. The van der Waals surface area contributed by atoms with Gasteiger partial charge in [0.25, 0.3) is 0 Å². The van der Waals surface area contributed by atoms with Gasteiger partial charge in [-0.15, -0.1) is 0 Å². The number of H-pyrrole nitrogens is 1. The summed E-state index contributed by atoms with van der Waals surface area (Å²) >= 11 is 0. The summed E-state index contributed by atoms with van der Waals surface area (Å²) < 4.78 is 19.9. The molecule has 0 saturated carbocycles. The molecule has 0 radical (unpaired) electrons. The molecule has 0 amide bonds. The van der Waals surface area contributed by atoms with E-state index in [1.165, 1.54) is 0 Å². The Balaban J connectivity index is 1.72. The van der Waals surface area contributed by atoms with Crippen molar-refractivity contribution in [1.29, 1.82) is 0 Å². The van der Waals surface area contributed by atoms with Crippen molar-refractivity contribution >= 4 is 16.9 Å². The summed E-state index contributed by atoms with van der Waals surface area (Å²) in [6.07, 6.45) is 2.34. The number of carboxylic acids is 1. The summed E-state index contributed by atoms with van der Waals surface area (Å²) in [5.41, 5.74) is 4.58. The first-order valence-corrected chi connectivity index (χ1v) is 11.0. The number of hydrogen-bond acceptors (Lipinski definition) is 4. The van der Waals surface area contributed by atoms with Gasteiger partial charge in [-0.2, -0.15) is 0 Å². The normalized spacial score (nSPS) is 20.5. The number of benzene rings is 2. The lowest BCUT2D eigenvalue weighted by atomic mass is 10.00. The highest BCUT2D eigenvalue weighted by Gasteiger charge is 2.25. The number of aromatic carboxylic acids is 1. The number of aryl methyl sites for hydroxylation is 1. The van der Waals surface area contributed by atoms with Crippen LogP contribution in [0.2, 0.25) is 0 Å². The summed E-state index contributed by atoms with van der Waals surface area (Å²) in [5, 5.41) is 13.7. The van der Waals surface area contributed by atoms with E-state index in [-0.39, 0.29) is 11.6 Å². The van der Waals surface area contributed by atoms with E-state index < -0.39 is 12.1 Å². The van der Waals surface area contributed by atoms with Crippen LogP contribution in [0.25, 0.3) is 10.9 Å². The van der Waals surface area contributed by atoms with E-state index in [4.69, 9.17) is 4.74 Å². The molecule has 3 aromatic rings. The molecular weight excluding hydrogens is 409 g/mol. The van der Waals surface area contributed by atoms with Gasteiger partial charge in [0.05, 0.1) is 12.7 Å². The number of halogens is 1. The van der Waals surface area contributed by atoms with Crippen LogP contribution in [-0.4, -0.2) is 53.9 Å². The molecule has 1 saturated heterocycles. The quantitative estimate of drug-likeness (QED) is 0.548. The van der Waals surface area contributed by atoms with E-state index in [1.54, 1.807) is 19.2 Å². The van der Waals surface area contributed by atoms with Crippen LogP contribution < -0.4 is 10.1 Å². The average Bonchev–Trinajstić information content (AvgIpc) is 3.30. The maximum Gasteiger partial charge on any atom is 0.335 e. The minimum Gasteiger partial charge on any atom is -0.496 e. The van der Waals surface area contributed by atoms with Crippen molar-refractivity contribution in [2.45, 2.75) is 38.5 Å². The van der Waals surface area contributed by atoms with Gasteiger partial charge in [-0.3, -0.25) is 4.90 Å². The topological polar surface area (TPSA) is 77.6 Å². The van der Waals surface area contributed by atoms with E-state index in [0.717, 1.165) is 46.3 Å². The van der Waals surface area contributed by atoms with Gasteiger partial charge < -0.3 is 20.1 Å². The molecule has 170 valence electrons. The van der Waals surface area contributed by atoms with E-state index >= 15 is 0 Å². The van der Waals surface area contributed by atoms with Crippen LogP contribution in [0.15, 0.2) is 42.6 Å². The smallest absolute Gasteiger partial charge is 0.335 e. The molecule has 0 spiro atoms. The first-order valence-electron chi connectivity index (χ1n) is 11.0. The standard InChI is InChI=1S/C25H30FN3O3/c1-16-12-23(32-2)21(20-9-10-28-24(16)20)15-29-11-3-4-19(26)13-27-14-22(29)17-5-7-18(8-6-17)25(30)31/h5-10,12,19,22,27-28H,3-4,11,13-15H2,1-2H3,(H,30,31)/t19-,22?/m0/s1. The Morgan fingerprint density at radius 3 is 2.75 bits per heavy atom. The van der Waals surface area contributed by atoms with Crippen molar-refractivity contribution in [3.05, 3.63) is 64.8 Å². The van der Waals surface area contributed by atoms with Gasteiger partial charge in [0, 0.05) is 48.3 Å². The minimum absolute atomic E-state index is 0.0249. The lowest BCUT2D eigenvalue weighted by molar-refractivity contribution is 0.0697. The third kappa shape index (κ3) is 4.64. The molecule has 0 bridgehead atoms. The van der Waals surface area contributed by atoms with Crippen LogP contribution in [0.3, 0.4) is 0 Å². The Labute approximate surface area is 187 Å². The van der Waals surface area contributed by atoms with Crippen LogP contribution in [0, 0.1) is 6.92 Å². The van der Waals surface area contributed by atoms with Crippen LogP contribution in [0.1, 0.15) is 45.9 Å². The second-order valence-electron chi connectivity index (χ2n) is 8.45. The van der Waals surface area contributed by atoms with Crippen molar-refractivity contribution in [3.8, 4) is 5.75 Å². The lowest BCUT2D eigenvalue weighted by Crippen LogP contribution is -2.36. The first-order chi connectivity index (χ1) is 15.5. The number of carboxylic acid groups (broad SMARTS) is 1. The van der Waals surface area contributed by atoms with Gasteiger partial charge in [0.15, 0.2) is 0 Å². The van der Waals surface area contributed by atoms with Crippen molar-refractivity contribution in [3.63, 3.8) is 0 Å². The number of hydrogen-bond donors (Lipinski definition) is 3. The van der Waals surface area contributed by atoms with Gasteiger partial charge in [0.2, 0.25) is 0 Å². The Kier molecular flexibility index (Phi) is 6.77. The Morgan fingerprint density at radius 2 is 2.03 bits per heavy atom. The fourth-order valence-electron chi connectivity index (χ4n) is 4.63. The number of aromatic nitrogens is 1. The van der Waals surface area contributed by atoms with Gasteiger partial charge in [-0.1, -0.05) is 12.1 Å². The fourth-order valence-corrected chi connectivity index (χ4v) is 4.63. The maximum atomic E-state index is 14.2. The zero-order valence-corrected chi connectivity index (χ0v) is 18.5. The number of methoxy groups -OCH3 is 1. The largest absolute Gasteiger partial charge is 0.496 e. The molecule has 1 fully saturated rings. The Hall–Kier alpha value is -2.90. The fraction of sp³-hybridized carbons (Fsp3) is 0.400. The number of aromatic amines is 1. The van der Waals surface area contributed by atoms with Crippen molar-refractivity contribution < 1.29 is 19.0 Å². The van der Waals surface area contributed by atoms with E-state index in [0.29, 0.717) is 26.1 Å². The highest BCUT2D eigenvalue weighted by molar-refractivity contribution is 5.88. The zero-order chi connectivity index (χ0) is 22.7. The monoisotopic (exact) mass is 439 g/mol. The van der Waals surface area contributed by atoms with Crippen LogP contribution >= 0.6 is 0 Å². The summed E-state index contributed by atoms with van der Waals surface area (Å²) in [7, 11) is 1.69. The van der Waals surface area contributed by atoms with E-state index in [1.807, 2.05) is 18.3 Å². The Bertz CT molecular complexity index is 1080. The molecular formula is C25H30FN3O3. The van der Waals surface area contributed by atoms with Crippen molar-refractivity contribution in [2.75, 3.05) is 26.7 Å². The van der Waals surface area contributed by atoms with Crippen LogP contribution in [0.5, 0.6) is 5.75 Å². The predicted octanol–water partition coefficient (Wildman–Crippen LogP) is 4.45. The molecule has 0 aliphatic carbocycles. The van der Waals surface area contributed by atoms with Crippen LogP contribution in [0.4, 0.5) is 4.39 Å². The third-order valence-corrected chi connectivity index (χ3v) is 6.34. The number of alkyl halides is 1. The number of carbonyl (C=O) groups is 1. The number of nitrogens with zero attached hydrogens (tertiary/aromatic N) is 1. The molecule has 3 N–H and O–H groups in total. The van der Waals surface area contributed by atoms with Gasteiger partial charge in [-0.05, 0) is 61.7 Å². The maximum absolute atomic E-state index is 14.2. The molecule has 6 nitrogen and oxygen atoms in total. The van der Waals surface area contributed by atoms with Gasteiger partial charge in [-0.25, -0.2) is 9.18 Å².